The van der Waals surface area contributed by atoms with E-state index in [1.54, 1.807) is 20.8 Å². The molecule has 19 heavy (non-hydrogen) atoms. The fraction of sp³-hybridized carbons (Fsp3) is 0.733. The van der Waals surface area contributed by atoms with Crippen molar-refractivity contribution in [1.29, 1.82) is 0 Å². The van der Waals surface area contributed by atoms with E-state index in [1.807, 2.05) is 0 Å². The van der Waals surface area contributed by atoms with Gasteiger partial charge in [0.25, 0.3) is 0 Å². The maximum absolute atomic E-state index is 11.7. The van der Waals surface area contributed by atoms with Crippen molar-refractivity contribution in [3.05, 3.63) is 12.7 Å². The number of hydrogen-bond donors (Lipinski definition) is 1. The normalized spacial score (nSPS) is 17.4. The molecule has 0 aromatic heterocycles. The van der Waals surface area contributed by atoms with Gasteiger partial charge in [0.15, 0.2) is 0 Å². The van der Waals surface area contributed by atoms with Gasteiger partial charge in [0.05, 0.1) is 12.3 Å². The average Bonchev–Trinajstić information content (AvgIpc) is 2.34. The molecule has 0 saturated carbocycles. The highest BCUT2D eigenvalue weighted by molar-refractivity contribution is 5.78. The first-order chi connectivity index (χ1) is 10.2. The molecular formula is C15H26O4. The first-order valence-electron chi connectivity index (χ1n) is 8.30. The average molecular weight is 274 g/mol. The molecule has 0 aromatic carbocycles. The molecule has 1 atom stereocenters. The Morgan fingerprint density at radius 3 is 2.53 bits per heavy atom. The van der Waals surface area contributed by atoms with Crippen LogP contribution in [-0.2, 0) is 14.3 Å². The Morgan fingerprint density at radius 2 is 2.05 bits per heavy atom. The first-order valence-corrected chi connectivity index (χ1v) is 6.30. The highest BCUT2D eigenvalue weighted by Gasteiger charge is 2.24. The SMILES string of the molecule is [2H]C([2H])(C=C)C([2H])([2H])CCC[C@H](CC(=O)OC(C)(C)C)C(=O)O. The predicted molar refractivity (Wildman–Crippen MR) is 74.9 cm³/mol. The largest absolute Gasteiger partial charge is 0.481 e. The van der Waals surface area contributed by atoms with Crippen molar-refractivity contribution in [2.45, 2.75) is 64.8 Å². The number of ether oxygens (including phenoxy) is 1. The lowest BCUT2D eigenvalue weighted by atomic mass is 9.97. The molecule has 0 rings (SSSR count). The van der Waals surface area contributed by atoms with Crippen LogP contribution in [0.5, 0.6) is 0 Å². The number of carbonyl (C=O) groups excluding carboxylic acids is 1. The summed E-state index contributed by atoms with van der Waals surface area (Å²) in [5, 5.41) is 9.16. The Labute approximate surface area is 121 Å². The summed E-state index contributed by atoms with van der Waals surface area (Å²) >= 11 is 0. The molecule has 0 aromatic rings. The Bertz CT molecular complexity index is 441. The van der Waals surface area contributed by atoms with Crippen molar-refractivity contribution in [2.24, 2.45) is 5.92 Å². The van der Waals surface area contributed by atoms with Crippen LogP contribution in [0.25, 0.3) is 0 Å². The maximum Gasteiger partial charge on any atom is 0.307 e. The standard InChI is InChI=1S/C15H26O4/c1-5-6-7-8-9-10-12(14(17)18)11-13(16)19-15(2,3)4/h5,12H,1,6-11H2,2-4H3,(H,17,18)/t12-/m1/s1/i6D2,7D2. The molecular weight excluding hydrogens is 244 g/mol. The van der Waals surface area contributed by atoms with Crippen molar-refractivity contribution in [1.82, 2.24) is 0 Å². The van der Waals surface area contributed by atoms with Crippen molar-refractivity contribution < 1.29 is 24.9 Å². The minimum atomic E-state index is -2.20. The van der Waals surface area contributed by atoms with Gasteiger partial charge in [0.2, 0.25) is 0 Å². The van der Waals surface area contributed by atoms with Crippen LogP contribution in [0.4, 0.5) is 0 Å². The lowest BCUT2D eigenvalue weighted by molar-refractivity contribution is -0.160. The molecule has 4 heteroatoms. The second-order valence-electron chi connectivity index (χ2n) is 5.24. The number of hydrogen-bond acceptors (Lipinski definition) is 3. The predicted octanol–water partition coefficient (Wildman–Crippen LogP) is 3.56. The van der Waals surface area contributed by atoms with Gasteiger partial charge in [-0.05, 0) is 39.9 Å². The Hall–Kier alpha value is -1.32. The van der Waals surface area contributed by atoms with Crippen LogP contribution in [-0.4, -0.2) is 22.6 Å². The van der Waals surface area contributed by atoms with Crippen LogP contribution in [0, 0.1) is 5.92 Å². The van der Waals surface area contributed by atoms with Gasteiger partial charge in [-0.15, -0.1) is 6.58 Å². The van der Waals surface area contributed by atoms with E-state index in [2.05, 4.69) is 6.58 Å². The van der Waals surface area contributed by atoms with E-state index in [-0.39, 0.29) is 25.7 Å². The maximum atomic E-state index is 11.7. The van der Waals surface area contributed by atoms with E-state index in [0.29, 0.717) is 0 Å². The van der Waals surface area contributed by atoms with Crippen molar-refractivity contribution in [2.75, 3.05) is 0 Å². The molecule has 0 radical (unpaired) electrons. The fourth-order valence-electron chi connectivity index (χ4n) is 1.48. The molecule has 0 aliphatic carbocycles. The lowest BCUT2D eigenvalue weighted by Gasteiger charge is -2.21. The third-order valence-electron chi connectivity index (χ3n) is 2.24. The summed E-state index contributed by atoms with van der Waals surface area (Å²) in [5.74, 6) is -2.74. The van der Waals surface area contributed by atoms with E-state index in [9.17, 15) is 9.59 Å². The molecule has 110 valence electrons. The zero-order valence-electron chi connectivity index (χ0n) is 15.9. The van der Waals surface area contributed by atoms with Gasteiger partial charge in [-0.2, -0.15) is 0 Å². The Balaban J connectivity index is 4.60. The van der Waals surface area contributed by atoms with E-state index in [0.717, 1.165) is 6.08 Å². The summed E-state index contributed by atoms with van der Waals surface area (Å²) in [7, 11) is 0. The minimum absolute atomic E-state index is 0.0707. The van der Waals surface area contributed by atoms with Crippen molar-refractivity contribution >= 4 is 11.9 Å². The van der Waals surface area contributed by atoms with Gasteiger partial charge in [0, 0.05) is 5.48 Å². The van der Waals surface area contributed by atoms with E-state index < -0.39 is 36.2 Å². The van der Waals surface area contributed by atoms with Crippen LogP contribution >= 0.6 is 0 Å². The molecule has 0 fully saturated rings. The zero-order chi connectivity index (χ0) is 18.5. The Kier molecular flexibility index (Phi) is 5.28. The molecule has 0 saturated heterocycles. The monoisotopic (exact) mass is 274 g/mol. The smallest absolute Gasteiger partial charge is 0.307 e. The minimum Gasteiger partial charge on any atom is -0.481 e. The molecule has 4 nitrogen and oxygen atoms in total. The zero-order valence-corrected chi connectivity index (χ0v) is 11.9. The summed E-state index contributed by atoms with van der Waals surface area (Å²) in [4.78, 5) is 22.9. The third-order valence-corrected chi connectivity index (χ3v) is 2.24. The topological polar surface area (TPSA) is 63.6 Å². The number of carboxylic acids is 1. The number of esters is 1. The van der Waals surface area contributed by atoms with Crippen LogP contribution in [0.1, 0.15) is 64.7 Å². The summed E-state index contributed by atoms with van der Waals surface area (Å²) in [6.45, 7) is 8.33. The molecule has 0 heterocycles. The highest BCUT2D eigenvalue weighted by Crippen LogP contribution is 2.18. The summed E-state index contributed by atoms with van der Waals surface area (Å²) < 4.78 is 35.6. The number of aliphatic carboxylic acids is 1. The van der Waals surface area contributed by atoms with E-state index >= 15 is 0 Å². The Morgan fingerprint density at radius 1 is 1.42 bits per heavy atom. The summed E-state index contributed by atoms with van der Waals surface area (Å²) in [6.07, 6.45) is -3.68. The molecule has 0 aliphatic heterocycles. The second-order valence-corrected chi connectivity index (χ2v) is 5.24. The lowest BCUT2D eigenvalue weighted by Crippen LogP contribution is -2.27. The second kappa shape index (κ2) is 8.73. The van der Waals surface area contributed by atoms with Gasteiger partial charge in [0.1, 0.15) is 5.60 Å². The van der Waals surface area contributed by atoms with Crippen LogP contribution < -0.4 is 0 Å². The highest BCUT2D eigenvalue weighted by atomic mass is 16.6. The first kappa shape index (κ1) is 11.5. The van der Waals surface area contributed by atoms with Crippen molar-refractivity contribution in [3.8, 4) is 0 Å². The third kappa shape index (κ3) is 10.3. The van der Waals surface area contributed by atoms with Crippen molar-refractivity contribution in [3.63, 3.8) is 0 Å². The van der Waals surface area contributed by atoms with E-state index in [4.69, 9.17) is 15.3 Å². The van der Waals surface area contributed by atoms with E-state index in [1.165, 1.54) is 0 Å². The molecule has 0 amide bonds. The number of rotatable bonds is 9. The molecule has 0 bridgehead atoms. The van der Waals surface area contributed by atoms with Crippen LogP contribution in [0.3, 0.4) is 0 Å². The quantitative estimate of drug-likeness (QED) is 0.516. The van der Waals surface area contributed by atoms with Gasteiger partial charge < -0.3 is 9.84 Å². The molecule has 0 aliphatic rings. The number of carbonyl (C=O) groups is 2. The van der Waals surface area contributed by atoms with Crippen LogP contribution in [0.2, 0.25) is 0 Å². The molecule has 1 N–H and O–H groups in total. The van der Waals surface area contributed by atoms with Gasteiger partial charge in [-0.25, -0.2) is 0 Å². The molecule has 0 unspecified atom stereocenters. The molecule has 0 spiro atoms. The van der Waals surface area contributed by atoms with Gasteiger partial charge in [-0.3, -0.25) is 9.59 Å². The van der Waals surface area contributed by atoms with Gasteiger partial charge >= 0.3 is 11.9 Å². The summed E-state index contributed by atoms with van der Waals surface area (Å²) in [6, 6.07) is 0. The number of carboxylic acid groups (broad SMARTS) is 1. The van der Waals surface area contributed by atoms with Crippen LogP contribution in [0.15, 0.2) is 12.7 Å². The fourth-order valence-corrected chi connectivity index (χ4v) is 1.48. The number of allylic oxidation sites excluding steroid dienone is 1. The summed E-state index contributed by atoms with van der Waals surface area (Å²) in [5.41, 5.74) is -0.697. The van der Waals surface area contributed by atoms with Gasteiger partial charge in [-0.1, -0.05) is 18.9 Å².